The Labute approximate surface area is 206 Å². The van der Waals surface area contributed by atoms with Crippen molar-refractivity contribution in [3.8, 4) is 17.2 Å². The van der Waals surface area contributed by atoms with E-state index in [-0.39, 0.29) is 22.7 Å². The molecule has 0 radical (unpaired) electrons. The molecule has 0 fully saturated rings. The third kappa shape index (κ3) is 4.84. The number of benzene rings is 2. The average molecular weight is 495 g/mol. The molecule has 1 aliphatic rings. The van der Waals surface area contributed by atoms with Crippen LogP contribution in [0.5, 0.6) is 0 Å². The average Bonchev–Trinajstić information content (AvgIpc) is 2.78. The lowest BCUT2D eigenvalue weighted by molar-refractivity contribution is 0.0909. The molecule has 1 aliphatic carbocycles. The maximum absolute atomic E-state index is 13.2. The number of pyridine rings is 1. The molecule has 1 heterocycles. The lowest BCUT2D eigenvalue weighted by Gasteiger charge is -2.31. The maximum Gasteiger partial charge on any atom is 0.173 e. The summed E-state index contributed by atoms with van der Waals surface area (Å²) in [6.45, 7) is 4.08. The van der Waals surface area contributed by atoms with E-state index in [9.17, 15) is 14.9 Å². The summed E-state index contributed by atoms with van der Waals surface area (Å²) in [6.07, 6.45) is 1.02. The minimum absolute atomic E-state index is 0.00691. The lowest BCUT2D eigenvalue weighted by Crippen LogP contribution is -2.29. The van der Waals surface area contributed by atoms with Crippen LogP contribution in [0.1, 0.15) is 52.2 Å². The third-order valence-corrected chi connectivity index (χ3v) is 7.27. The van der Waals surface area contributed by atoms with E-state index in [2.05, 4.69) is 6.07 Å². The molecule has 0 bridgehead atoms. The van der Waals surface area contributed by atoms with Gasteiger partial charge in [-0.15, -0.1) is 0 Å². The molecule has 0 unspecified atom stereocenters. The van der Waals surface area contributed by atoms with E-state index in [0.29, 0.717) is 55.9 Å². The van der Waals surface area contributed by atoms with E-state index in [4.69, 9.17) is 28.2 Å². The lowest BCUT2D eigenvalue weighted by atomic mass is 9.73. The zero-order chi connectivity index (χ0) is 23.8. The van der Waals surface area contributed by atoms with E-state index < -0.39 is 0 Å². The molecule has 4 nitrogen and oxygen atoms in total. The number of nitriles is 1. The van der Waals surface area contributed by atoms with Gasteiger partial charge in [0.15, 0.2) is 11.6 Å². The van der Waals surface area contributed by atoms with Gasteiger partial charge < -0.3 is 0 Å². The topological polar surface area (TPSA) is 70.8 Å². The second kappa shape index (κ2) is 9.30. The predicted octanol–water partition coefficient (Wildman–Crippen LogP) is 7.06. The Bertz CT molecular complexity index is 1310. The van der Waals surface area contributed by atoms with Crippen molar-refractivity contribution in [2.75, 3.05) is 5.75 Å². The summed E-state index contributed by atoms with van der Waals surface area (Å²) in [5, 5.41) is 11.2. The first-order valence-corrected chi connectivity index (χ1v) is 12.1. The molecule has 0 N–H and O–H groups in total. The highest BCUT2D eigenvalue weighted by molar-refractivity contribution is 8.00. The smallest absolute Gasteiger partial charge is 0.173 e. The van der Waals surface area contributed by atoms with Gasteiger partial charge in [-0.05, 0) is 35.6 Å². The van der Waals surface area contributed by atoms with Gasteiger partial charge in [0.1, 0.15) is 11.1 Å². The Balaban J connectivity index is 1.78. The fourth-order valence-electron chi connectivity index (χ4n) is 4.07. The van der Waals surface area contributed by atoms with Gasteiger partial charge >= 0.3 is 0 Å². The molecule has 166 valence electrons. The Kier molecular flexibility index (Phi) is 6.63. The van der Waals surface area contributed by atoms with Crippen LogP contribution < -0.4 is 0 Å². The number of hydrogen-bond acceptors (Lipinski definition) is 5. The summed E-state index contributed by atoms with van der Waals surface area (Å²) in [7, 11) is 0. The molecule has 0 atom stereocenters. The summed E-state index contributed by atoms with van der Waals surface area (Å²) >= 11 is 13.2. The quantitative estimate of drug-likeness (QED) is 0.280. The van der Waals surface area contributed by atoms with Crippen LogP contribution >= 0.6 is 35.0 Å². The van der Waals surface area contributed by atoms with E-state index in [1.54, 1.807) is 12.1 Å². The maximum atomic E-state index is 13.2. The van der Waals surface area contributed by atoms with Gasteiger partial charge in [0.05, 0.1) is 27.1 Å². The number of carbonyl (C=O) groups is 2. The van der Waals surface area contributed by atoms with Crippen molar-refractivity contribution in [1.82, 2.24) is 4.98 Å². The van der Waals surface area contributed by atoms with Crippen LogP contribution in [-0.4, -0.2) is 22.3 Å². The molecule has 0 saturated carbocycles. The number of ketones is 2. The fraction of sp³-hybridized carbons (Fsp3) is 0.231. The highest BCUT2D eigenvalue weighted by Gasteiger charge is 2.36. The summed E-state index contributed by atoms with van der Waals surface area (Å²) in [5.74, 6) is -0.0866. The van der Waals surface area contributed by atoms with Crippen molar-refractivity contribution < 1.29 is 9.59 Å². The van der Waals surface area contributed by atoms with Gasteiger partial charge in [-0.1, -0.05) is 79.1 Å². The number of rotatable bonds is 5. The SMILES string of the molecule is CC1(C)CC(=O)c2c(nc(SCC(=O)c3ccc(Cl)c(Cl)c3)c(C#N)c2-c2ccccc2)C1. The van der Waals surface area contributed by atoms with Crippen LogP contribution in [0.25, 0.3) is 11.1 Å². The number of thioether (sulfide) groups is 1. The van der Waals surface area contributed by atoms with E-state index in [1.807, 2.05) is 44.2 Å². The molecule has 0 amide bonds. The number of Topliss-reactive ketones (excluding diaryl/α,β-unsaturated/α-hetero) is 2. The molecule has 33 heavy (non-hydrogen) atoms. The zero-order valence-corrected chi connectivity index (χ0v) is 20.4. The number of hydrogen-bond donors (Lipinski definition) is 0. The van der Waals surface area contributed by atoms with Gasteiger partial charge in [0.2, 0.25) is 0 Å². The minimum atomic E-state index is -0.225. The molecule has 1 aromatic heterocycles. The highest BCUT2D eigenvalue weighted by Crippen LogP contribution is 2.42. The monoisotopic (exact) mass is 494 g/mol. The molecule has 4 rings (SSSR count). The molecule has 0 aliphatic heterocycles. The van der Waals surface area contributed by atoms with Crippen LogP contribution in [0.2, 0.25) is 10.0 Å². The van der Waals surface area contributed by atoms with Crippen LogP contribution in [-0.2, 0) is 6.42 Å². The number of fused-ring (bicyclic) bond motifs is 1. The minimum Gasteiger partial charge on any atom is -0.294 e. The van der Waals surface area contributed by atoms with Crippen molar-refractivity contribution >= 4 is 46.5 Å². The fourth-order valence-corrected chi connectivity index (χ4v) is 5.27. The summed E-state index contributed by atoms with van der Waals surface area (Å²) in [6, 6.07) is 16.4. The number of nitrogens with zero attached hydrogens (tertiary/aromatic N) is 2. The second-order valence-corrected chi connectivity index (χ2v) is 10.5. The molecular formula is C26H20Cl2N2O2S. The van der Waals surface area contributed by atoms with Crippen LogP contribution in [0.4, 0.5) is 0 Å². The van der Waals surface area contributed by atoms with Crippen molar-refractivity contribution in [2.24, 2.45) is 5.41 Å². The van der Waals surface area contributed by atoms with E-state index in [1.165, 1.54) is 17.8 Å². The van der Waals surface area contributed by atoms with Crippen molar-refractivity contribution in [3.63, 3.8) is 0 Å². The van der Waals surface area contributed by atoms with Crippen molar-refractivity contribution in [1.29, 1.82) is 5.26 Å². The molecular weight excluding hydrogens is 475 g/mol. The largest absolute Gasteiger partial charge is 0.294 e. The first-order valence-electron chi connectivity index (χ1n) is 10.4. The Morgan fingerprint density at radius 2 is 1.82 bits per heavy atom. The van der Waals surface area contributed by atoms with Crippen LogP contribution in [0.3, 0.4) is 0 Å². The first kappa shape index (κ1) is 23.5. The second-order valence-electron chi connectivity index (χ2n) is 8.75. The number of aromatic nitrogens is 1. The van der Waals surface area contributed by atoms with Gasteiger partial charge in [-0.25, -0.2) is 4.98 Å². The number of halogens is 2. The summed E-state index contributed by atoms with van der Waals surface area (Å²) in [5.41, 5.74) is 3.13. The molecule has 0 saturated heterocycles. The molecule has 3 aromatic rings. The van der Waals surface area contributed by atoms with Gasteiger partial charge in [-0.2, -0.15) is 5.26 Å². The molecule has 0 spiro atoms. The summed E-state index contributed by atoms with van der Waals surface area (Å²) < 4.78 is 0. The Morgan fingerprint density at radius 1 is 1.09 bits per heavy atom. The Hall–Kier alpha value is -2.65. The standard InChI is InChI=1S/C26H20Cl2N2O2S/c1-26(2)11-20-24(21(31)12-26)23(15-6-4-3-5-7-15)17(13-29)25(30-20)33-14-22(32)16-8-9-18(27)19(28)10-16/h3-10H,11-12,14H2,1-2H3. The Morgan fingerprint density at radius 3 is 2.48 bits per heavy atom. The highest BCUT2D eigenvalue weighted by atomic mass is 35.5. The normalized spacial score (nSPS) is 14.5. The zero-order valence-electron chi connectivity index (χ0n) is 18.1. The summed E-state index contributed by atoms with van der Waals surface area (Å²) in [4.78, 5) is 30.7. The third-order valence-electron chi connectivity index (χ3n) is 5.56. The van der Waals surface area contributed by atoms with Gasteiger partial charge in [-0.3, -0.25) is 9.59 Å². The van der Waals surface area contributed by atoms with E-state index in [0.717, 1.165) is 5.56 Å². The van der Waals surface area contributed by atoms with Gasteiger partial charge in [0.25, 0.3) is 0 Å². The van der Waals surface area contributed by atoms with Crippen LogP contribution in [0.15, 0.2) is 53.6 Å². The first-order chi connectivity index (χ1) is 15.7. The van der Waals surface area contributed by atoms with Crippen molar-refractivity contribution in [2.45, 2.75) is 31.7 Å². The van der Waals surface area contributed by atoms with E-state index >= 15 is 0 Å². The van der Waals surface area contributed by atoms with Gasteiger partial charge in [0, 0.05) is 23.1 Å². The predicted molar refractivity (Wildman–Crippen MR) is 132 cm³/mol. The number of carbonyl (C=O) groups excluding carboxylic acids is 2. The van der Waals surface area contributed by atoms with Crippen molar-refractivity contribution in [3.05, 3.63) is 81.0 Å². The van der Waals surface area contributed by atoms with Crippen LogP contribution in [0, 0.1) is 16.7 Å². The molecule has 7 heteroatoms. The molecule has 2 aromatic carbocycles.